The van der Waals surface area contributed by atoms with Crippen LogP contribution in [-0.2, 0) is 13.5 Å². The Morgan fingerprint density at radius 3 is 2.61 bits per heavy atom. The van der Waals surface area contributed by atoms with E-state index < -0.39 is 23.3 Å². The number of unbranched alkanes of at least 4 members (excludes halogenated alkanes) is 2. The van der Waals surface area contributed by atoms with Crippen LogP contribution < -0.4 is 15.4 Å². The summed E-state index contributed by atoms with van der Waals surface area (Å²) in [5, 5.41) is 17.2. The molecule has 1 saturated heterocycles. The van der Waals surface area contributed by atoms with Crippen molar-refractivity contribution >= 4 is 38.3 Å². The predicted molar refractivity (Wildman–Crippen MR) is 217 cm³/mol. The minimum Gasteiger partial charge on any atom is -0.493 e. The Hall–Kier alpha value is -4.40. The van der Waals surface area contributed by atoms with Gasteiger partial charge in [-0.3, -0.25) is 9.58 Å². The van der Waals surface area contributed by atoms with Crippen molar-refractivity contribution in [1.29, 1.82) is 0 Å². The summed E-state index contributed by atoms with van der Waals surface area (Å²) in [6, 6.07) is 9.42. The minimum absolute atomic E-state index is 0.0240. The second-order valence-electron chi connectivity index (χ2n) is 15.9. The highest BCUT2D eigenvalue weighted by Crippen LogP contribution is 2.44. The molecule has 3 atom stereocenters. The van der Waals surface area contributed by atoms with E-state index in [9.17, 15) is 0 Å². The maximum atomic E-state index is 16.1. The van der Waals surface area contributed by atoms with E-state index in [1.54, 1.807) is 4.68 Å². The molecule has 3 N–H and O–H groups in total. The lowest BCUT2D eigenvalue weighted by Gasteiger charge is -2.43. The second kappa shape index (κ2) is 15.9. The standard InChI is InChI=1S/C42H49BrF3N9O/c1-25-17-30-29-12-6-7-13-34(29)51-38(30)39(54(25)24-42(2,3)46)35-32(44)18-28(19-33(35)45)56-16-9-5-8-15-48-41-36(43)37(26-11-10-14-47-20-26)52-40-31(22-50-55(40)41)27-21-49-53(4)23-27/h6-7,12-13,18-19,21-23,25-26,39,47-48,51H,5,8-11,14-17,20,24H2,1-4H3/t25-,26-,39-/m1/s1. The number of rotatable bonds is 13. The largest absolute Gasteiger partial charge is 0.493 e. The number of aromatic nitrogens is 6. The van der Waals surface area contributed by atoms with Crippen molar-refractivity contribution in [2.45, 2.75) is 83.0 Å². The summed E-state index contributed by atoms with van der Waals surface area (Å²) in [7, 11) is 1.89. The van der Waals surface area contributed by atoms with Crippen molar-refractivity contribution in [2.24, 2.45) is 7.05 Å². The fraction of sp³-hybridized carbons (Fsp3) is 0.452. The number of H-pyrrole nitrogens is 1. The molecule has 0 saturated carbocycles. The molecule has 296 valence electrons. The zero-order valence-electron chi connectivity index (χ0n) is 32.3. The Labute approximate surface area is 333 Å². The van der Waals surface area contributed by atoms with Gasteiger partial charge in [0.25, 0.3) is 0 Å². The highest BCUT2D eigenvalue weighted by atomic mass is 79.9. The molecule has 4 aromatic heterocycles. The second-order valence-corrected chi connectivity index (χ2v) is 16.7. The average Bonchev–Trinajstić information content (AvgIpc) is 3.89. The minimum atomic E-state index is -1.57. The van der Waals surface area contributed by atoms with Crippen LogP contribution in [0, 0.1) is 11.6 Å². The molecule has 0 aliphatic carbocycles. The summed E-state index contributed by atoms with van der Waals surface area (Å²) < 4.78 is 57.9. The maximum absolute atomic E-state index is 16.1. The van der Waals surface area contributed by atoms with Crippen molar-refractivity contribution in [1.82, 2.24) is 39.6 Å². The van der Waals surface area contributed by atoms with Crippen LogP contribution in [0.15, 0.2) is 59.5 Å². The Kier molecular flexibility index (Phi) is 10.9. The predicted octanol–water partition coefficient (Wildman–Crippen LogP) is 8.86. The highest BCUT2D eigenvalue weighted by Gasteiger charge is 2.41. The van der Waals surface area contributed by atoms with Gasteiger partial charge < -0.3 is 20.4 Å². The first-order chi connectivity index (χ1) is 27.0. The van der Waals surface area contributed by atoms with E-state index in [0.717, 1.165) is 88.0 Å². The lowest BCUT2D eigenvalue weighted by atomic mass is 9.87. The van der Waals surface area contributed by atoms with Crippen LogP contribution in [0.1, 0.15) is 87.3 Å². The van der Waals surface area contributed by atoms with E-state index in [-0.39, 0.29) is 29.8 Å². The topological polar surface area (TPSA) is 100 Å². The molecule has 0 radical (unpaired) electrons. The summed E-state index contributed by atoms with van der Waals surface area (Å²) in [4.78, 5) is 10.4. The number of piperidine rings is 1. The zero-order valence-corrected chi connectivity index (χ0v) is 33.9. The molecule has 2 aliphatic rings. The molecule has 0 unspecified atom stereocenters. The lowest BCUT2D eigenvalue weighted by molar-refractivity contribution is 0.0642. The normalized spacial score (nSPS) is 19.2. The number of benzene rings is 2. The first-order valence-corrected chi connectivity index (χ1v) is 20.4. The molecule has 14 heteroatoms. The summed E-state index contributed by atoms with van der Waals surface area (Å²) in [5.74, 6) is -0.153. The molecule has 1 fully saturated rings. The molecule has 10 nitrogen and oxygen atoms in total. The number of alkyl halides is 1. The van der Waals surface area contributed by atoms with E-state index in [1.807, 2.05) is 66.2 Å². The Morgan fingerprint density at radius 1 is 1.07 bits per heavy atom. The third-order valence-corrected chi connectivity index (χ3v) is 11.9. The average molecular weight is 833 g/mol. The van der Waals surface area contributed by atoms with Gasteiger partial charge in [0.2, 0.25) is 0 Å². The monoisotopic (exact) mass is 831 g/mol. The fourth-order valence-electron chi connectivity index (χ4n) is 8.47. The quantitative estimate of drug-likeness (QED) is 0.100. The number of aryl methyl sites for hydroxylation is 1. The number of nitrogens with one attached hydrogen (secondary N) is 3. The van der Waals surface area contributed by atoms with Gasteiger partial charge in [-0.1, -0.05) is 18.2 Å². The number of ether oxygens (including phenoxy) is 1. The first kappa shape index (κ1) is 38.5. The van der Waals surface area contributed by atoms with E-state index in [0.29, 0.717) is 31.7 Å². The Balaban J connectivity index is 0.934. The van der Waals surface area contributed by atoms with E-state index >= 15 is 13.2 Å². The van der Waals surface area contributed by atoms with Crippen molar-refractivity contribution in [3.05, 3.63) is 93.6 Å². The summed E-state index contributed by atoms with van der Waals surface area (Å²) in [6.07, 6.45) is 10.8. The molecule has 0 amide bonds. The molecule has 0 bridgehead atoms. The Morgan fingerprint density at radius 2 is 1.88 bits per heavy atom. The van der Waals surface area contributed by atoms with Crippen LogP contribution in [0.2, 0.25) is 0 Å². The molecule has 6 aromatic rings. The number of halogens is 4. The van der Waals surface area contributed by atoms with Crippen molar-refractivity contribution in [3.63, 3.8) is 0 Å². The van der Waals surface area contributed by atoms with Gasteiger partial charge in [-0.2, -0.15) is 14.7 Å². The van der Waals surface area contributed by atoms with E-state index in [2.05, 4.69) is 36.6 Å². The van der Waals surface area contributed by atoms with Gasteiger partial charge in [-0.05, 0) is 93.4 Å². The van der Waals surface area contributed by atoms with E-state index in [4.69, 9.17) is 14.8 Å². The van der Waals surface area contributed by atoms with Crippen LogP contribution in [0.25, 0.3) is 27.7 Å². The number of fused-ring (bicyclic) bond motifs is 4. The number of hydrogen-bond donors (Lipinski definition) is 3. The third kappa shape index (κ3) is 7.67. The van der Waals surface area contributed by atoms with Crippen LogP contribution in [-0.4, -0.2) is 78.8 Å². The van der Waals surface area contributed by atoms with Crippen molar-refractivity contribution in [3.8, 4) is 16.9 Å². The van der Waals surface area contributed by atoms with Gasteiger partial charge in [0, 0.05) is 90.3 Å². The van der Waals surface area contributed by atoms with Gasteiger partial charge >= 0.3 is 0 Å². The number of para-hydroxylation sites is 1. The van der Waals surface area contributed by atoms with Gasteiger partial charge in [0.15, 0.2) is 5.65 Å². The smallest absolute Gasteiger partial charge is 0.165 e. The third-order valence-electron chi connectivity index (χ3n) is 11.1. The lowest BCUT2D eigenvalue weighted by Crippen LogP contribution is -2.48. The van der Waals surface area contributed by atoms with Gasteiger partial charge in [0.1, 0.15) is 28.9 Å². The molecule has 8 rings (SSSR count). The van der Waals surface area contributed by atoms with Crippen molar-refractivity contribution in [2.75, 3.05) is 38.1 Å². The number of hydrogen-bond acceptors (Lipinski definition) is 7. The number of anilines is 1. The molecular weight excluding hydrogens is 783 g/mol. The van der Waals surface area contributed by atoms with Gasteiger partial charge in [-0.25, -0.2) is 18.2 Å². The van der Waals surface area contributed by atoms with Crippen molar-refractivity contribution < 1.29 is 17.9 Å². The summed E-state index contributed by atoms with van der Waals surface area (Å²) in [5.41, 5.74) is 4.62. The van der Waals surface area contributed by atoms with Gasteiger partial charge in [-0.15, -0.1) is 0 Å². The molecule has 6 heterocycles. The number of aromatic amines is 1. The van der Waals surface area contributed by atoms with Crippen LogP contribution >= 0.6 is 15.9 Å². The summed E-state index contributed by atoms with van der Waals surface area (Å²) >= 11 is 3.87. The Bertz CT molecular complexity index is 2320. The molecule has 0 spiro atoms. The molecular formula is C42H49BrF3N9O. The van der Waals surface area contributed by atoms with Crippen LogP contribution in [0.3, 0.4) is 0 Å². The van der Waals surface area contributed by atoms with Gasteiger partial charge in [0.05, 0.1) is 35.2 Å². The SMILES string of the molecule is C[C@@H]1Cc2c([nH]c3ccccc23)[C@@H](c2c(F)cc(OCCCCCNc3c(Br)c([C@@H]4CCCNC4)nc4c(-c5cnn(C)c5)cnn34)cc2F)N1CC(C)(C)F. The number of nitrogens with zero attached hydrogens (tertiary/aromatic N) is 6. The van der Waals surface area contributed by atoms with Crippen LogP contribution in [0.4, 0.5) is 19.0 Å². The zero-order chi connectivity index (χ0) is 39.1. The highest BCUT2D eigenvalue weighted by molar-refractivity contribution is 9.10. The maximum Gasteiger partial charge on any atom is 0.165 e. The van der Waals surface area contributed by atoms with Crippen LogP contribution in [0.5, 0.6) is 5.75 Å². The molecule has 2 aromatic carbocycles. The first-order valence-electron chi connectivity index (χ1n) is 19.6. The van der Waals surface area contributed by atoms with E-state index in [1.165, 1.54) is 26.0 Å². The molecule has 2 aliphatic heterocycles. The molecule has 56 heavy (non-hydrogen) atoms. The fourth-order valence-corrected chi connectivity index (χ4v) is 9.19. The summed E-state index contributed by atoms with van der Waals surface area (Å²) in [6.45, 7) is 7.89.